The van der Waals surface area contributed by atoms with Crippen molar-refractivity contribution in [2.75, 3.05) is 6.54 Å². The lowest BCUT2D eigenvalue weighted by molar-refractivity contribution is -0.132. The number of benzene rings is 2. The summed E-state index contributed by atoms with van der Waals surface area (Å²) in [5, 5.41) is 0.776. The van der Waals surface area contributed by atoms with Crippen molar-refractivity contribution in [1.29, 1.82) is 0 Å². The minimum Gasteiger partial charge on any atom is -0.279 e. The van der Waals surface area contributed by atoms with Crippen LogP contribution in [0.5, 0.6) is 0 Å². The number of hydrogen-bond acceptors (Lipinski definition) is 3. The van der Waals surface area contributed by atoms with Gasteiger partial charge in [0.1, 0.15) is 12.4 Å². The van der Waals surface area contributed by atoms with Crippen LogP contribution in [0.15, 0.2) is 23.2 Å². The van der Waals surface area contributed by atoms with E-state index in [0.717, 1.165) is 16.1 Å². The molecule has 0 saturated heterocycles. The lowest BCUT2D eigenvalue weighted by Crippen LogP contribution is -2.50. The number of amides is 1. The SMILES string of the molecule is Cc1cc(C)cc(C2=NCC(=O)N(Cc3c(F)c(F)c(F)c(F)c3F)N2)c1. The van der Waals surface area contributed by atoms with Gasteiger partial charge in [-0.05, 0) is 26.0 Å². The second-order valence-electron chi connectivity index (χ2n) is 6.18. The third kappa shape index (κ3) is 3.49. The molecule has 4 nitrogen and oxygen atoms in total. The minimum absolute atomic E-state index is 0.255. The fraction of sp³-hybridized carbons (Fsp3) is 0.222. The first-order chi connectivity index (χ1) is 12.7. The molecule has 0 saturated carbocycles. The van der Waals surface area contributed by atoms with Crippen LogP contribution in [0.4, 0.5) is 22.0 Å². The van der Waals surface area contributed by atoms with Crippen LogP contribution in [-0.4, -0.2) is 23.3 Å². The Morgan fingerprint density at radius 1 is 0.926 bits per heavy atom. The molecule has 0 fully saturated rings. The minimum atomic E-state index is -2.25. The van der Waals surface area contributed by atoms with Gasteiger partial charge in [0, 0.05) is 5.56 Å². The molecule has 1 N–H and O–H groups in total. The Bertz CT molecular complexity index is 925. The second-order valence-corrected chi connectivity index (χ2v) is 6.18. The predicted octanol–water partition coefficient (Wildman–Crippen LogP) is 3.29. The van der Waals surface area contributed by atoms with Crippen LogP contribution in [0.1, 0.15) is 22.3 Å². The summed E-state index contributed by atoms with van der Waals surface area (Å²) in [5.74, 6) is -10.7. The molecule has 0 bridgehead atoms. The molecule has 9 heteroatoms. The van der Waals surface area contributed by atoms with Gasteiger partial charge in [0.15, 0.2) is 23.3 Å². The van der Waals surface area contributed by atoms with Crippen LogP contribution in [0, 0.1) is 42.9 Å². The van der Waals surface area contributed by atoms with Gasteiger partial charge in [-0.3, -0.25) is 15.2 Å². The molecular weight excluding hydrogens is 369 g/mol. The molecule has 1 aliphatic heterocycles. The summed E-state index contributed by atoms with van der Waals surface area (Å²) >= 11 is 0. The lowest BCUT2D eigenvalue weighted by atomic mass is 10.1. The Labute approximate surface area is 151 Å². The zero-order valence-corrected chi connectivity index (χ0v) is 14.3. The number of aliphatic imine (C=N–C) groups is 1. The van der Waals surface area contributed by atoms with Gasteiger partial charge >= 0.3 is 0 Å². The molecule has 0 spiro atoms. The Balaban J connectivity index is 1.93. The predicted molar refractivity (Wildman–Crippen MR) is 87.2 cm³/mol. The first kappa shape index (κ1) is 18.8. The summed E-state index contributed by atoms with van der Waals surface area (Å²) in [7, 11) is 0. The van der Waals surface area contributed by atoms with Crippen LogP contribution in [0.25, 0.3) is 0 Å². The number of rotatable bonds is 3. The quantitative estimate of drug-likeness (QED) is 0.502. The molecule has 1 amide bonds. The smallest absolute Gasteiger partial charge is 0.262 e. The molecule has 2 aromatic carbocycles. The molecule has 3 rings (SSSR count). The molecule has 1 aliphatic rings. The third-order valence-corrected chi connectivity index (χ3v) is 4.03. The highest BCUT2D eigenvalue weighted by Gasteiger charge is 2.29. The van der Waals surface area contributed by atoms with Gasteiger partial charge in [0.05, 0.1) is 12.1 Å². The summed E-state index contributed by atoms with van der Waals surface area (Å²) < 4.78 is 67.7. The van der Waals surface area contributed by atoms with Crippen molar-refractivity contribution >= 4 is 11.7 Å². The largest absolute Gasteiger partial charge is 0.279 e. The molecule has 27 heavy (non-hydrogen) atoms. The van der Waals surface area contributed by atoms with Crippen molar-refractivity contribution < 1.29 is 26.7 Å². The normalized spacial score (nSPS) is 14.3. The summed E-state index contributed by atoms with van der Waals surface area (Å²) in [4.78, 5) is 16.1. The number of hydrogen-bond donors (Lipinski definition) is 1. The zero-order chi connectivity index (χ0) is 19.9. The molecule has 142 valence electrons. The zero-order valence-electron chi connectivity index (χ0n) is 14.3. The Kier molecular flexibility index (Phi) is 4.86. The van der Waals surface area contributed by atoms with Crippen LogP contribution < -0.4 is 5.43 Å². The summed E-state index contributed by atoms with van der Waals surface area (Å²) in [6, 6.07) is 5.49. The number of nitrogens with one attached hydrogen (secondary N) is 1. The maximum absolute atomic E-state index is 13.9. The summed E-state index contributed by atoms with van der Waals surface area (Å²) in [5.41, 5.74) is 3.97. The topological polar surface area (TPSA) is 44.7 Å². The fourth-order valence-electron chi connectivity index (χ4n) is 2.80. The van der Waals surface area contributed by atoms with E-state index in [1.165, 1.54) is 0 Å². The Morgan fingerprint density at radius 2 is 1.44 bits per heavy atom. The van der Waals surface area contributed by atoms with E-state index in [2.05, 4.69) is 10.4 Å². The number of carbonyl (C=O) groups is 1. The van der Waals surface area contributed by atoms with Gasteiger partial charge in [-0.2, -0.15) is 0 Å². The number of amidine groups is 1. The van der Waals surface area contributed by atoms with Crippen LogP contribution >= 0.6 is 0 Å². The van der Waals surface area contributed by atoms with E-state index in [0.29, 0.717) is 5.56 Å². The molecule has 0 aromatic heterocycles. The van der Waals surface area contributed by atoms with E-state index in [9.17, 15) is 26.7 Å². The van der Waals surface area contributed by atoms with Crippen molar-refractivity contribution in [3.05, 3.63) is 69.5 Å². The third-order valence-electron chi connectivity index (χ3n) is 4.03. The van der Waals surface area contributed by atoms with E-state index >= 15 is 0 Å². The standard InChI is InChI=1S/C18H14F5N3O/c1-8-3-9(2)5-10(4-8)18-24-6-12(27)26(25-18)7-11-13(19)15(21)17(23)16(22)14(11)20/h3-5H,6-7H2,1-2H3,(H,24,25). The van der Waals surface area contributed by atoms with Gasteiger partial charge in [-0.15, -0.1) is 0 Å². The van der Waals surface area contributed by atoms with Crippen LogP contribution in [0.3, 0.4) is 0 Å². The number of aryl methyl sites for hydroxylation is 2. The van der Waals surface area contributed by atoms with Crippen molar-refractivity contribution in [3.8, 4) is 0 Å². The van der Waals surface area contributed by atoms with E-state index in [1.807, 2.05) is 19.9 Å². The molecule has 0 radical (unpaired) electrons. The fourth-order valence-corrected chi connectivity index (χ4v) is 2.80. The number of halogens is 5. The maximum atomic E-state index is 13.9. The van der Waals surface area contributed by atoms with Gasteiger partial charge in [0.25, 0.3) is 5.91 Å². The first-order valence-corrected chi connectivity index (χ1v) is 7.89. The van der Waals surface area contributed by atoms with Gasteiger partial charge < -0.3 is 0 Å². The number of carbonyl (C=O) groups excluding carboxylic acids is 1. The molecule has 2 aromatic rings. The second kappa shape index (κ2) is 6.98. The van der Waals surface area contributed by atoms with Crippen LogP contribution in [0.2, 0.25) is 0 Å². The molecule has 0 atom stereocenters. The molecule has 0 aliphatic carbocycles. The highest BCUT2D eigenvalue weighted by molar-refractivity contribution is 6.02. The average molecular weight is 383 g/mol. The molecular formula is C18H14F5N3O. The van der Waals surface area contributed by atoms with Crippen molar-refractivity contribution in [1.82, 2.24) is 10.4 Å². The number of nitrogens with zero attached hydrogens (tertiary/aromatic N) is 2. The summed E-state index contributed by atoms with van der Waals surface area (Å²) in [6.07, 6.45) is 0. The van der Waals surface area contributed by atoms with Gasteiger partial charge in [-0.25, -0.2) is 27.0 Å². The van der Waals surface area contributed by atoms with E-state index in [1.54, 1.807) is 12.1 Å². The maximum Gasteiger partial charge on any atom is 0.262 e. The molecule has 1 heterocycles. The monoisotopic (exact) mass is 383 g/mol. The van der Waals surface area contributed by atoms with Crippen molar-refractivity contribution in [2.24, 2.45) is 4.99 Å². The van der Waals surface area contributed by atoms with Crippen molar-refractivity contribution in [2.45, 2.75) is 20.4 Å². The van der Waals surface area contributed by atoms with E-state index in [-0.39, 0.29) is 12.4 Å². The highest BCUT2D eigenvalue weighted by Crippen LogP contribution is 2.24. The number of hydrazine groups is 1. The Hall–Kier alpha value is -2.97. The van der Waals surface area contributed by atoms with Gasteiger partial charge in [-0.1, -0.05) is 17.2 Å². The first-order valence-electron chi connectivity index (χ1n) is 7.89. The van der Waals surface area contributed by atoms with Gasteiger partial charge in [0.2, 0.25) is 5.82 Å². The molecule has 0 unspecified atom stereocenters. The highest BCUT2D eigenvalue weighted by atomic mass is 19.2. The summed E-state index contributed by atoms with van der Waals surface area (Å²) in [6.45, 7) is 2.54. The lowest BCUT2D eigenvalue weighted by Gasteiger charge is -2.29. The van der Waals surface area contributed by atoms with Crippen molar-refractivity contribution in [3.63, 3.8) is 0 Å². The Morgan fingerprint density at radius 3 is 2.00 bits per heavy atom. The van der Waals surface area contributed by atoms with Crippen LogP contribution in [-0.2, 0) is 11.3 Å². The average Bonchev–Trinajstić information content (AvgIpc) is 2.62. The van der Waals surface area contributed by atoms with E-state index < -0.39 is 47.1 Å². The van der Waals surface area contributed by atoms with E-state index in [4.69, 9.17) is 0 Å².